The summed E-state index contributed by atoms with van der Waals surface area (Å²) in [5, 5.41) is 0. The van der Waals surface area contributed by atoms with Gasteiger partial charge in [0, 0.05) is 38.7 Å². The third-order valence-electron chi connectivity index (χ3n) is 6.15. The van der Waals surface area contributed by atoms with Crippen LogP contribution in [-0.4, -0.2) is 48.0 Å². The molecule has 2 fully saturated rings. The molecule has 2 aliphatic heterocycles. The van der Waals surface area contributed by atoms with Gasteiger partial charge < -0.3 is 19.3 Å². The number of aromatic nitrogens is 2. The van der Waals surface area contributed by atoms with E-state index in [2.05, 4.69) is 40.8 Å². The standard InChI is InChI=1S/C24H32N4O2/c1-17-9-12-28(15-17)24-25-11-8-23(26-24)27-13-10-22(16-27)30-21-6-4-20(5-7-21)18(2)14-19(3)29/h4-8,11,17-18,22H,9-10,12-16H2,1-3H3/t17?,18-,22-/m1/s1. The molecule has 1 unspecified atom stereocenters. The Morgan fingerprint density at radius 1 is 1.13 bits per heavy atom. The summed E-state index contributed by atoms with van der Waals surface area (Å²) in [6.07, 6.45) is 4.78. The molecule has 6 heteroatoms. The number of rotatable bonds is 7. The zero-order valence-electron chi connectivity index (χ0n) is 18.3. The van der Waals surface area contributed by atoms with Gasteiger partial charge in [0.15, 0.2) is 0 Å². The van der Waals surface area contributed by atoms with Gasteiger partial charge in [-0.15, -0.1) is 0 Å². The van der Waals surface area contributed by atoms with Crippen molar-refractivity contribution >= 4 is 17.5 Å². The number of anilines is 2. The molecule has 1 aromatic heterocycles. The molecule has 0 bridgehead atoms. The van der Waals surface area contributed by atoms with E-state index in [-0.39, 0.29) is 17.8 Å². The van der Waals surface area contributed by atoms with Crippen molar-refractivity contribution in [2.24, 2.45) is 5.92 Å². The van der Waals surface area contributed by atoms with Gasteiger partial charge in [0.25, 0.3) is 0 Å². The normalized spacial score (nSPS) is 22.4. The lowest BCUT2D eigenvalue weighted by atomic mass is 9.96. The largest absolute Gasteiger partial charge is 0.489 e. The third kappa shape index (κ3) is 4.91. The minimum atomic E-state index is 0.149. The Labute approximate surface area is 179 Å². The van der Waals surface area contributed by atoms with Gasteiger partial charge >= 0.3 is 0 Å². The number of hydrogen-bond donors (Lipinski definition) is 0. The van der Waals surface area contributed by atoms with Crippen molar-refractivity contribution in [3.05, 3.63) is 42.1 Å². The average Bonchev–Trinajstić information content (AvgIpc) is 3.37. The summed E-state index contributed by atoms with van der Waals surface area (Å²) < 4.78 is 6.22. The van der Waals surface area contributed by atoms with Gasteiger partial charge in [-0.1, -0.05) is 26.0 Å². The van der Waals surface area contributed by atoms with E-state index in [9.17, 15) is 4.79 Å². The highest BCUT2D eigenvalue weighted by Crippen LogP contribution is 2.27. The summed E-state index contributed by atoms with van der Waals surface area (Å²) in [6.45, 7) is 9.86. The van der Waals surface area contributed by atoms with Gasteiger partial charge in [0.05, 0.1) is 6.54 Å². The lowest BCUT2D eigenvalue weighted by molar-refractivity contribution is -0.117. The van der Waals surface area contributed by atoms with E-state index in [4.69, 9.17) is 9.72 Å². The van der Waals surface area contributed by atoms with Gasteiger partial charge in [-0.3, -0.25) is 0 Å². The van der Waals surface area contributed by atoms with Crippen molar-refractivity contribution in [1.82, 2.24) is 9.97 Å². The fourth-order valence-corrected chi connectivity index (χ4v) is 4.43. The minimum absolute atomic E-state index is 0.149. The molecule has 1 aromatic carbocycles. The molecule has 0 radical (unpaired) electrons. The zero-order chi connectivity index (χ0) is 21.1. The minimum Gasteiger partial charge on any atom is -0.489 e. The second-order valence-corrected chi connectivity index (χ2v) is 8.91. The van der Waals surface area contributed by atoms with Crippen LogP contribution in [0.15, 0.2) is 36.5 Å². The Hall–Kier alpha value is -2.63. The van der Waals surface area contributed by atoms with Crippen molar-refractivity contribution in [2.45, 2.75) is 52.1 Å². The van der Waals surface area contributed by atoms with Crippen molar-refractivity contribution in [2.75, 3.05) is 36.0 Å². The molecule has 30 heavy (non-hydrogen) atoms. The first-order chi connectivity index (χ1) is 14.5. The number of ketones is 1. The lowest BCUT2D eigenvalue weighted by Crippen LogP contribution is -2.27. The van der Waals surface area contributed by atoms with E-state index < -0.39 is 0 Å². The van der Waals surface area contributed by atoms with Crippen LogP contribution in [0.1, 0.15) is 51.5 Å². The summed E-state index contributed by atoms with van der Waals surface area (Å²) in [7, 11) is 0. The Morgan fingerprint density at radius 3 is 2.60 bits per heavy atom. The molecular weight excluding hydrogens is 376 g/mol. The van der Waals surface area contributed by atoms with Gasteiger partial charge in [0.2, 0.25) is 5.95 Å². The second kappa shape index (κ2) is 9.02. The van der Waals surface area contributed by atoms with Gasteiger partial charge in [0.1, 0.15) is 23.5 Å². The van der Waals surface area contributed by atoms with E-state index in [0.29, 0.717) is 12.3 Å². The molecule has 4 rings (SSSR count). The fourth-order valence-electron chi connectivity index (χ4n) is 4.43. The van der Waals surface area contributed by atoms with E-state index in [1.54, 1.807) is 6.92 Å². The molecule has 0 N–H and O–H groups in total. The van der Waals surface area contributed by atoms with Crippen LogP contribution in [-0.2, 0) is 4.79 Å². The first-order valence-corrected chi connectivity index (χ1v) is 11.1. The van der Waals surface area contributed by atoms with E-state index in [1.807, 2.05) is 24.4 Å². The predicted octanol–water partition coefficient (Wildman–Crippen LogP) is 4.06. The van der Waals surface area contributed by atoms with E-state index >= 15 is 0 Å². The number of benzene rings is 1. The number of carbonyl (C=O) groups is 1. The summed E-state index contributed by atoms with van der Waals surface area (Å²) in [6, 6.07) is 10.2. The molecule has 160 valence electrons. The Morgan fingerprint density at radius 2 is 1.90 bits per heavy atom. The third-order valence-corrected chi connectivity index (χ3v) is 6.15. The molecule has 0 saturated carbocycles. The molecule has 0 aliphatic carbocycles. The van der Waals surface area contributed by atoms with Crippen LogP contribution >= 0.6 is 0 Å². The maximum atomic E-state index is 11.3. The van der Waals surface area contributed by atoms with Gasteiger partial charge in [-0.25, -0.2) is 4.98 Å². The van der Waals surface area contributed by atoms with Gasteiger partial charge in [-0.05, 0) is 48.9 Å². The maximum Gasteiger partial charge on any atom is 0.227 e. The average molecular weight is 409 g/mol. The molecule has 2 aliphatic rings. The highest BCUT2D eigenvalue weighted by atomic mass is 16.5. The molecule has 2 saturated heterocycles. The van der Waals surface area contributed by atoms with Crippen molar-refractivity contribution in [3.8, 4) is 5.75 Å². The van der Waals surface area contributed by atoms with Crippen molar-refractivity contribution in [3.63, 3.8) is 0 Å². The molecule has 0 amide bonds. The van der Waals surface area contributed by atoms with Crippen molar-refractivity contribution in [1.29, 1.82) is 0 Å². The molecule has 3 atom stereocenters. The molecule has 3 heterocycles. The summed E-state index contributed by atoms with van der Waals surface area (Å²) in [5.74, 6) is 3.88. The van der Waals surface area contributed by atoms with Crippen LogP contribution in [0.2, 0.25) is 0 Å². The van der Waals surface area contributed by atoms with Crippen LogP contribution < -0.4 is 14.5 Å². The Bertz CT molecular complexity index is 870. The predicted molar refractivity (Wildman–Crippen MR) is 119 cm³/mol. The topological polar surface area (TPSA) is 58.6 Å². The maximum absolute atomic E-state index is 11.3. The number of carbonyl (C=O) groups excluding carboxylic acids is 1. The monoisotopic (exact) mass is 408 g/mol. The fraction of sp³-hybridized carbons (Fsp3) is 0.542. The Balaban J connectivity index is 1.34. The molecule has 6 nitrogen and oxygen atoms in total. The number of Topliss-reactive ketones (excluding diaryl/α,β-unsaturated/α-hetero) is 1. The highest BCUT2D eigenvalue weighted by Gasteiger charge is 2.27. The van der Waals surface area contributed by atoms with Crippen LogP contribution in [0.3, 0.4) is 0 Å². The van der Waals surface area contributed by atoms with Gasteiger partial charge in [-0.2, -0.15) is 4.98 Å². The molecule has 2 aromatic rings. The van der Waals surface area contributed by atoms with E-state index in [1.165, 1.54) is 12.0 Å². The Kier molecular flexibility index (Phi) is 6.21. The number of hydrogen-bond acceptors (Lipinski definition) is 6. The van der Waals surface area contributed by atoms with Crippen LogP contribution in [0.4, 0.5) is 11.8 Å². The summed E-state index contributed by atoms with van der Waals surface area (Å²) in [5.41, 5.74) is 1.18. The second-order valence-electron chi connectivity index (χ2n) is 8.91. The summed E-state index contributed by atoms with van der Waals surface area (Å²) in [4.78, 5) is 25.2. The molecule has 0 spiro atoms. The number of ether oxygens (including phenoxy) is 1. The zero-order valence-corrected chi connectivity index (χ0v) is 18.3. The SMILES string of the molecule is CC(=O)C[C@@H](C)c1ccc(O[C@@H]2CCN(c3ccnc(N4CCC(C)C4)n3)C2)cc1. The first-order valence-electron chi connectivity index (χ1n) is 11.1. The van der Waals surface area contributed by atoms with Crippen LogP contribution in [0.5, 0.6) is 5.75 Å². The molecular formula is C24H32N4O2. The lowest BCUT2D eigenvalue weighted by Gasteiger charge is -2.21. The highest BCUT2D eigenvalue weighted by molar-refractivity contribution is 5.76. The van der Waals surface area contributed by atoms with Crippen molar-refractivity contribution < 1.29 is 9.53 Å². The summed E-state index contributed by atoms with van der Waals surface area (Å²) >= 11 is 0. The van der Waals surface area contributed by atoms with Crippen LogP contribution in [0, 0.1) is 5.92 Å². The first kappa shape index (κ1) is 20.6. The van der Waals surface area contributed by atoms with E-state index in [0.717, 1.165) is 50.1 Å². The number of nitrogens with zero attached hydrogens (tertiary/aromatic N) is 4. The smallest absolute Gasteiger partial charge is 0.227 e. The van der Waals surface area contributed by atoms with Crippen LogP contribution in [0.25, 0.3) is 0 Å². The quantitative estimate of drug-likeness (QED) is 0.689.